The largest absolute Gasteiger partial charge is 0.349 e. The third-order valence-electron chi connectivity index (χ3n) is 4.71. The topological polar surface area (TPSA) is 56.4 Å². The molecule has 1 amide bonds. The lowest BCUT2D eigenvalue weighted by Crippen LogP contribution is -2.51. The summed E-state index contributed by atoms with van der Waals surface area (Å²) in [6.45, 7) is 5.61. The van der Waals surface area contributed by atoms with Gasteiger partial charge in [-0.2, -0.15) is 11.8 Å². The van der Waals surface area contributed by atoms with E-state index in [1.807, 2.05) is 17.8 Å². The van der Waals surface area contributed by atoms with E-state index in [2.05, 4.69) is 59.2 Å². The number of carbonyl (C=O) groups excluding carboxylic acids is 1. The van der Waals surface area contributed by atoms with Crippen molar-refractivity contribution in [2.45, 2.75) is 38.0 Å². The van der Waals surface area contributed by atoms with Gasteiger partial charge in [0.1, 0.15) is 0 Å². The fourth-order valence-electron chi connectivity index (χ4n) is 3.35. The number of nitrogens with zero attached hydrogens (tertiary/aromatic N) is 1. The fraction of sp³-hybridized carbons (Fsp3) is 0.588. The zero-order valence-electron chi connectivity index (χ0n) is 13.8. The number of thioether (sulfide) groups is 1. The Morgan fingerprint density at radius 1 is 1.26 bits per heavy atom. The summed E-state index contributed by atoms with van der Waals surface area (Å²) < 4.78 is 0. The molecule has 2 aliphatic rings. The molecule has 0 bridgehead atoms. The molecule has 3 atom stereocenters. The summed E-state index contributed by atoms with van der Waals surface area (Å²) in [6, 6.07) is 11.5. The standard InChI is InChI=1S/C17H26N4OS/c1-12-17(13(2)20-19-12)18-16(22)10-21-8-9-23-11-15(21)14-6-4-3-5-7-14/h3-7,12-13,15,17,19-20H,8-11H2,1-2H3,(H,18,22). The number of rotatable bonds is 4. The number of benzene rings is 1. The van der Waals surface area contributed by atoms with Crippen LogP contribution in [0.5, 0.6) is 0 Å². The first-order valence-electron chi connectivity index (χ1n) is 8.32. The second kappa shape index (κ2) is 7.66. The molecule has 2 aliphatic heterocycles. The molecular formula is C17H26N4OS. The van der Waals surface area contributed by atoms with Crippen molar-refractivity contribution in [3.05, 3.63) is 35.9 Å². The SMILES string of the molecule is CC1NNC(C)C1NC(=O)CN1CCSCC1c1ccccc1. The normalized spacial score (nSPS) is 31.9. The highest BCUT2D eigenvalue weighted by Crippen LogP contribution is 2.29. The maximum absolute atomic E-state index is 12.5. The van der Waals surface area contributed by atoms with Gasteiger partial charge in [0.25, 0.3) is 0 Å². The van der Waals surface area contributed by atoms with Crippen molar-refractivity contribution in [1.29, 1.82) is 0 Å². The number of hydrazine groups is 1. The maximum atomic E-state index is 12.5. The molecule has 0 spiro atoms. The van der Waals surface area contributed by atoms with E-state index in [0.717, 1.165) is 18.1 Å². The van der Waals surface area contributed by atoms with Crippen molar-refractivity contribution in [2.24, 2.45) is 0 Å². The van der Waals surface area contributed by atoms with Crippen molar-refractivity contribution < 1.29 is 4.79 Å². The summed E-state index contributed by atoms with van der Waals surface area (Å²) >= 11 is 1.97. The van der Waals surface area contributed by atoms with Crippen molar-refractivity contribution in [2.75, 3.05) is 24.6 Å². The molecule has 2 fully saturated rings. The highest BCUT2D eigenvalue weighted by atomic mass is 32.2. The van der Waals surface area contributed by atoms with E-state index in [4.69, 9.17) is 0 Å². The summed E-state index contributed by atoms with van der Waals surface area (Å²) in [5, 5.41) is 3.19. The lowest BCUT2D eigenvalue weighted by Gasteiger charge is -2.35. The first-order chi connectivity index (χ1) is 11.1. The van der Waals surface area contributed by atoms with Crippen LogP contribution in [0.2, 0.25) is 0 Å². The molecule has 6 heteroatoms. The molecule has 0 saturated carbocycles. The molecule has 3 N–H and O–H groups in total. The van der Waals surface area contributed by atoms with Gasteiger partial charge in [0.2, 0.25) is 5.91 Å². The Morgan fingerprint density at radius 3 is 2.65 bits per heavy atom. The van der Waals surface area contributed by atoms with Gasteiger partial charge in [-0.05, 0) is 19.4 Å². The van der Waals surface area contributed by atoms with Gasteiger partial charge in [-0.1, -0.05) is 30.3 Å². The van der Waals surface area contributed by atoms with Crippen molar-refractivity contribution in [1.82, 2.24) is 21.1 Å². The molecule has 2 saturated heterocycles. The molecular weight excluding hydrogens is 308 g/mol. The zero-order chi connectivity index (χ0) is 16.2. The van der Waals surface area contributed by atoms with E-state index in [0.29, 0.717) is 12.6 Å². The maximum Gasteiger partial charge on any atom is 0.234 e. The van der Waals surface area contributed by atoms with Gasteiger partial charge in [0, 0.05) is 36.2 Å². The lowest BCUT2D eigenvalue weighted by molar-refractivity contribution is -0.123. The third-order valence-corrected chi connectivity index (χ3v) is 5.74. The van der Waals surface area contributed by atoms with Gasteiger partial charge in [-0.15, -0.1) is 0 Å². The lowest BCUT2D eigenvalue weighted by atomic mass is 10.1. The summed E-state index contributed by atoms with van der Waals surface area (Å²) in [5.74, 6) is 2.26. The van der Waals surface area contributed by atoms with Crippen LogP contribution in [0.15, 0.2) is 30.3 Å². The highest BCUT2D eigenvalue weighted by Gasteiger charge is 2.32. The Morgan fingerprint density at radius 2 is 1.96 bits per heavy atom. The van der Waals surface area contributed by atoms with E-state index in [1.165, 1.54) is 5.56 Å². The Labute approximate surface area is 142 Å². The Balaban J connectivity index is 1.62. The van der Waals surface area contributed by atoms with Gasteiger partial charge >= 0.3 is 0 Å². The first-order valence-corrected chi connectivity index (χ1v) is 9.48. The van der Waals surface area contributed by atoms with Crippen LogP contribution in [0.1, 0.15) is 25.5 Å². The molecule has 1 aromatic carbocycles. The zero-order valence-corrected chi connectivity index (χ0v) is 14.6. The predicted molar refractivity (Wildman–Crippen MR) is 95.2 cm³/mol. The molecule has 2 heterocycles. The number of nitrogens with one attached hydrogen (secondary N) is 3. The first kappa shape index (κ1) is 16.8. The third kappa shape index (κ3) is 4.07. The number of amides is 1. The molecule has 3 rings (SSSR count). The molecule has 3 unspecified atom stereocenters. The molecule has 126 valence electrons. The minimum atomic E-state index is 0.118. The quantitative estimate of drug-likeness (QED) is 0.771. The Bertz CT molecular complexity index is 517. The summed E-state index contributed by atoms with van der Waals surface area (Å²) in [7, 11) is 0. The molecule has 1 aromatic rings. The molecule has 23 heavy (non-hydrogen) atoms. The number of hydrogen-bond acceptors (Lipinski definition) is 5. The predicted octanol–water partition coefficient (Wildman–Crippen LogP) is 1.15. The van der Waals surface area contributed by atoms with E-state index >= 15 is 0 Å². The van der Waals surface area contributed by atoms with E-state index in [9.17, 15) is 4.79 Å². The van der Waals surface area contributed by atoms with Crippen LogP contribution in [0.4, 0.5) is 0 Å². The second-order valence-electron chi connectivity index (χ2n) is 6.43. The average molecular weight is 334 g/mol. The minimum Gasteiger partial charge on any atom is -0.349 e. The van der Waals surface area contributed by atoms with Crippen molar-refractivity contribution in [3.8, 4) is 0 Å². The summed E-state index contributed by atoms with van der Waals surface area (Å²) in [5.41, 5.74) is 7.67. The monoisotopic (exact) mass is 334 g/mol. The summed E-state index contributed by atoms with van der Waals surface area (Å²) in [6.07, 6.45) is 0. The average Bonchev–Trinajstić information content (AvgIpc) is 2.88. The van der Waals surface area contributed by atoms with Gasteiger partial charge in [0.15, 0.2) is 0 Å². The van der Waals surface area contributed by atoms with E-state index < -0.39 is 0 Å². The number of carbonyl (C=O) groups is 1. The van der Waals surface area contributed by atoms with Crippen LogP contribution in [0.3, 0.4) is 0 Å². The van der Waals surface area contributed by atoms with Crippen molar-refractivity contribution >= 4 is 17.7 Å². The van der Waals surface area contributed by atoms with Crippen molar-refractivity contribution in [3.63, 3.8) is 0 Å². The van der Waals surface area contributed by atoms with E-state index in [-0.39, 0.29) is 24.0 Å². The van der Waals surface area contributed by atoms with Crippen LogP contribution >= 0.6 is 11.8 Å². The van der Waals surface area contributed by atoms with Crippen LogP contribution in [-0.2, 0) is 4.79 Å². The highest BCUT2D eigenvalue weighted by molar-refractivity contribution is 7.99. The molecule has 0 radical (unpaired) electrons. The van der Waals surface area contributed by atoms with Gasteiger partial charge in [-0.3, -0.25) is 20.5 Å². The Kier molecular flexibility index (Phi) is 5.58. The Hall–Kier alpha value is -1.08. The van der Waals surface area contributed by atoms with Crippen LogP contribution < -0.4 is 16.2 Å². The fourth-order valence-corrected chi connectivity index (χ4v) is 4.51. The number of hydrogen-bond donors (Lipinski definition) is 3. The van der Waals surface area contributed by atoms with E-state index in [1.54, 1.807) is 0 Å². The van der Waals surface area contributed by atoms with Crippen LogP contribution in [0, 0.1) is 0 Å². The second-order valence-corrected chi connectivity index (χ2v) is 7.58. The van der Waals surface area contributed by atoms with Crippen LogP contribution in [0.25, 0.3) is 0 Å². The molecule has 5 nitrogen and oxygen atoms in total. The minimum absolute atomic E-state index is 0.118. The molecule has 0 aromatic heterocycles. The summed E-state index contributed by atoms with van der Waals surface area (Å²) in [4.78, 5) is 14.8. The van der Waals surface area contributed by atoms with Gasteiger partial charge in [0.05, 0.1) is 12.6 Å². The van der Waals surface area contributed by atoms with Gasteiger partial charge < -0.3 is 5.32 Å². The molecule has 0 aliphatic carbocycles. The van der Waals surface area contributed by atoms with Gasteiger partial charge in [-0.25, -0.2) is 0 Å². The smallest absolute Gasteiger partial charge is 0.234 e. The van der Waals surface area contributed by atoms with Crippen LogP contribution in [-0.4, -0.2) is 53.5 Å².